The monoisotopic (exact) mass is 263 g/mol. The summed E-state index contributed by atoms with van der Waals surface area (Å²) in [6.45, 7) is 3.13. The van der Waals surface area contributed by atoms with E-state index in [0.29, 0.717) is 6.04 Å². The van der Waals surface area contributed by atoms with Crippen molar-refractivity contribution in [2.75, 3.05) is 14.2 Å². The van der Waals surface area contributed by atoms with Gasteiger partial charge in [-0.25, -0.2) is 0 Å². The van der Waals surface area contributed by atoms with E-state index in [1.807, 2.05) is 6.07 Å². The van der Waals surface area contributed by atoms with Crippen LogP contribution in [0.2, 0.25) is 0 Å². The van der Waals surface area contributed by atoms with Crippen LogP contribution in [0, 0.1) is 5.92 Å². The average Bonchev–Trinajstić information content (AvgIpc) is 3.26. The molecule has 0 spiro atoms. The van der Waals surface area contributed by atoms with Crippen molar-refractivity contribution in [1.82, 2.24) is 5.32 Å². The molecule has 1 aromatic carbocycles. The van der Waals surface area contributed by atoms with Gasteiger partial charge in [0, 0.05) is 18.7 Å². The van der Waals surface area contributed by atoms with Crippen molar-refractivity contribution in [2.45, 2.75) is 45.2 Å². The molecule has 0 heterocycles. The Morgan fingerprint density at radius 2 is 1.79 bits per heavy atom. The molecular formula is C16H25NO2. The maximum absolute atomic E-state index is 5.30. The van der Waals surface area contributed by atoms with Gasteiger partial charge in [-0.15, -0.1) is 0 Å². The highest BCUT2D eigenvalue weighted by atomic mass is 16.5. The molecule has 1 fully saturated rings. The third-order valence-corrected chi connectivity index (χ3v) is 3.81. The lowest BCUT2D eigenvalue weighted by Crippen LogP contribution is -2.28. The quantitative estimate of drug-likeness (QED) is 0.780. The first-order chi connectivity index (χ1) is 9.25. The molecule has 0 saturated heterocycles. The van der Waals surface area contributed by atoms with E-state index in [-0.39, 0.29) is 0 Å². The highest BCUT2D eigenvalue weighted by Gasteiger charge is 2.24. The molecule has 1 atom stereocenters. The number of nitrogens with one attached hydrogen (secondary N) is 1. The Bertz CT molecular complexity index is 379. The van der Waals surface area contributed by atoms with Gasteiger partial charge in [0.25, 0.3) is 0 Å². The molecule has 1 N–H and O–H groups in total. The Kier molecular flexibility index (Phi) is 5.08. The van der Waals surface area contributed by atoms with Gasteiger partial charge in [-0.1, -0.05) is 19.8 Å². The number of benzene rings is 1. The predicted molar refractivity (Wildman–Crippen MR) is 77.8 cm³/mol. The topological polar surface area (TPSA) is 30.5 Å². The number of methoxy groups -OCH3 is 2. The minimum absolute atomic E-state index is 0.629. The summed E-state index contributed by atoms with van der Waals surface area (Å²) in [5.41, 5.74) is 1.21. The third kappa shape index (κ3) is 4.43. The molecule has 0 bridgehead atoms. The molecule has 1 saturated carbocycles. The zero-order valence-corrected chi connectivity index (χ0v) is 12.2. The normalized spacial score (nSPS) is 16.2. The van der Waals surface area contributed by atoms with Gasteiger partial charge in [-0.3, -0.25) is 0 Å². The SMILES string of the molecule is CCC(CC1CC1)NCc1cc(OC)cc(OC)c1. The standard InChI is InChI=1S/C16H25NO2/c1-4-14(7-12-5-6-12)17-11-13-8-15(18-2)10-16(9-13)19-3/h8-10,12,14,17H,4-7,11H2,1-3H3. The fraction of sp³-hybridized carbons (Fsp3) is 0.625. The van der Waals surface area contributed by atoms with Gasteiger partial charge in [0.1, 0.15) is 11.5 Å². The number of hydrogen-bond donors (Lipinski definition) is 1. The Labute approximate surface area is 116 Å². The van der Waals surface area contributed by atoms with Crippen LogP contribution < -0.4 is 14.8 Å². The Hall–Kier alpha value is -1.22. The van der Waals surface area contributed by atoms with E-state index in [0.717, 1.165) is 24.0 Å². The first-order valence-electron chi connectivity index (χ1n) is 7.20. The summed E-state index contributed by atoms with van der Waals surface area (Å²) >= 11 is 0. The average molecular weight is 263 g/mol. The van der Waals surface area contributed by atoms with Crippen molar-refractivity contribution in [1.29, 1.82) is 0 Å². The lowest BCUT2D eigenvalue weighted by molar-refractivity contribution is 0.391. The van der Waals surface area contributed by atoms with Gasteiger partial charge in [-0.05, 0) is 36.5 Å². The molecule has 2 rings (SSSR count). The molecule has 1 aromatic rings. The van der Waals surface area contributed by atoms with E-state index in [1.165, 1.54) is 31.2 Å². The van der Waals surface area contributed by atoms with E-state index in [2.05, 4.69) is 24.4 Å². The van der Waals surface area contributed by atoms with Crippen LogP contribution in [0.25, 0.3) is 0 Å². The van der Waals surface area contributed by atoms with Gasteiger partial charge >= 0.3 is 0 Å². The second-order valence-corrected chi connectivity index (χ2v) is 5.39. The molecule has 19 heavy (non-hydrogen) atoms. The van der Waals surface area contributed by atoms with Crippen LogP contribution in [0.4, 0.5) is 0 Å². The fourth-order valence-corrected chi connectivity index (χ4v) is 2.38. The van der Waals surface area contributed by atoms with E-state index in [1.54, 1.807) is 14.2 Å². The molecule has 1 aliphatic rings. The first-order valence-corrected chi connectivity index (χ1v) is 7.20. The molecule has 1 aliphatic carbocycles. The van der Waals surface area contributed by atoms with Crippen molar-refractivity contribution in [3.05, 3.63) is 23.8 Å². The summed E-state index contributed by atoms with van der Waals surface area (Å²) in [4.78, 5) is 0. The third-order valence-electron chi connectivity index (χ3n) is 3.81. The molecule has 106 valence electrons. The highest BCUT2D eigenvalue weighted by molar-refractivity contribution is 5.38. The van der Waals surface area contributed by atoms with Crippen molar-refractivity contribution >= 4 is 0 Å². The Balaban J connectivity index is 1.92. The zero-order valence-electron chi connectivity index (χ0n) is 12.2. The zero-order chi connectivity index (χ0) is 13.7. The van der Waals surface area contributed by atoms with Gasteiger partial charge in [-0.2, -0.15) is 0 Å². The van der Waals surface area contributed by atoms with Crippen molar-refractivity contribution in [2.24, 2.45) is 5.92 Å². The van der Waals surface area contributed by atoms with Crippen LogP contribution >= 0.6 is 0 Å². The molecular weight excluding hydrogens is 238 g/mol. The summed E-state index contributed by atoms with van der Waals surface area (Å²) in [6.07, 6.45) is 5.35. The lowest BCUT2D eigenvalue weighted by atomic mass is 10.1. The largest absolute Gasteiger partial charge is 0.497 e. The summed E-state index contributed by atoms with van der Waals surface area (Å²) in [5, 5.41) is 3.65. The molecule has 0 aromatic heterocycles. The maximum Gasteiger partial charge on any atom is 0.122 e. The van der Waals surface area contributed by atoms with Gasteiger partial charge < -0.3 is 14.8 Å². The Morgan fingerprint density at radius 1 is 1.16 bits per heavy atom. The minimum atomic E-state index is 0.629. The molecule has 0 amide bonds. The van der Waals surface area contributed by atoms with Crippen LogP contribution in [-0.2, 0) is 6.54 Å². The second kappa shape index (κ2) is 6.80. The summed E-state index contributed by atoms with van der Waals surface area (Å²) in [7, 11) is 3.38. The number of rotatable bonds is 8. The van der Waals surface area contributed by atoms with Gasteiger partial charge in [0.2, 0.25) is 0 Å². The summed E-state index contributed by atoms with van der Waals surface area (Å²) < 4.78 is 10.6. The van der Waals surface area contributed by atoms with E-state index >= 15 is 0 Å². The fourth-order valence-electron chi connectivity index (χ4n) is 2.38. The van der Waals surface area contributed by atoms with E-state index in [4.69, 9.17) is 9.47 Å². The molecule has 1 unspecified atom stereocenters. The highest BCUT2D eigenvalue weighted by Crippen LogP contribution is 2.34. The number of hydrogen-bond acceptors (Lipinski definition) is 3. The van der Waals surface area contributed by atoms with Crippen molar-refractivity contribution in [3.63, 3.8) is 0 Å². The predicted octanol–water partition coefficient (Wildman–Crippen LogP) is 3.37. The van der Waals surface area contributed by atoms with E-state index in [9.17, 15) is 0 Å². The van der Waals surface area contributed by atoms with Crippen LogP contribution in [0.3, 0.4) is 0 Å². The minimum Gasteiger partial charge on any atom is -0.497 e. The van der Waals surface area contributed by atoms with Crippen LogP contribution in [0.15, 0.2) is 18.2 Å². The first kappa shape index (κ1) is 14.2. The molecule has 3 nitrogen and oxygen atoms in total. The second-order valence-electron chi connectivity index (χ2n) is 5.39. The Morgan fingerprint density at radius 3 is 2.26 bits per heavy atom. The van der Waals surface area contributed by atoms with Crippen LogP contribution in [-0.4, -0.2) is 20.3 Å². The van der Waals surface area contributed by atoms with Gasteiger partial charge in [0.05, 0.1) is 14.2 Å². The molecule has 0 aliphatic heterocycles. The smallest absolute Gasteiger partial charge is 0.122 e. The van der Waals surface area contributed by atoms with Crippen molar-refractivity contribution in [3.8, 4) is 11.5 Å². The van der Waals surface area contributed by atoms with Gasteiger partial charge in [0.15, 0.2) is 0 Å². The molecule has 0 radical (unpaired) electrons. The van der Waals surface area contributed by atoms with Crippen LogP contribution in [0.5, 0.6) is 11.5 Å². The number of ether oxygens (including phenoxy) is 2. The summed E-state index contributed by atoms with van der Waals surface area (Å²) in [6, 6.07) is 6.67. The maximum atomic E-state index is 5.30. The van der Waals surface area contributed by atoms with E-state index < -0.39 is 0 Å². The molecule has 3 heteroatoms. The lowest BCUT2D eigenvalue weighted by Gasteiger charge is -2.17. The van der Waals surface area contributed by atoms with Crippen LogP contribution in [0.1, 0.15) is 38.2 Å². The summed E-state index contributed by atoms with van der Waals surface area (Å²) in [5.74, 6) is 2.68. The van der Waals surface area contributed by atoms with Crippen molar-refractivity contribution < 1.29 is 9.47 Å².